The van der Waals surface area contributed by atoms with E-state index < -0.39 is 0 Å². The molecule has 2 N–H and O–H groups in total. The van der Waals surface area contributed by atoms with Crippen molar-refractivity contribution in [3.8, 4) is 0 Å². The Bertz CT molecular complexity index is 635. The van der Waals surface area contributed by atoms with Crippen LogP contribution in [0.25, 0.3) is 5.70 Å². The predicted molar refractivity (Wildman–Crippen MR) is 82.1 cm³/mol. The minimum Gasteiger partial charge on any atom is -0.444 e. The molecule has 0 bridgehead atoms. The third kappa shape index (κ3) is 3.65. The summed E-state index contributed by atoms with van der Waals surface area (Å²) >= 11 is 8.99. The maximum Gasteiger partial charge on any atom is 0.305 e. The number of benzene rings is 1. The van der Waals surface area contributed by atoms with Gasteiger partial charge in [0.25, 0.3) is 0 Å². The van der Waals surface area contributed by atoms with Crippen molar-refractivity contribution in [2.75, 3.05) is 0 Å². The molecule has 1 aromatic carbocycles. The van der Waals surface area contributed by atoms with Gasteiger partial charge in [0, 0.05) is 5.02 Å². The number of amides is 1. The standard InChI is InChI=1S/C14H12BrClN2O2/c1-2-11(9-3-5-10(16)6-4-9)17-18-14(19)12-7-8-13(15)20-12/h2-8,17H,1H3,(H,18,19)/b11-2+. The first-order valence-corrected chi connectivity index (χ1v) is 7.01. The zero-order chi connectivity index (χ0) is 14.5. The zero-order valence-corrected chi connectivity index (χ0v) is 13.0. The van der Waals surface area contributed by atoms with E-state index in [2.05, 4.69) is 26.8 Å². The van der Waals surface area contributed by atoms with E-state index in [1.54, 1.807) is 24.3 Å². The molecule has 0 radical (unpaired) electrons. The Kier molecular flexibility index (Phi) is 4.87. The fraction of sp³-hybridized carbons (Fsp3) is 0.0714. The van der Waals surface area contributed by atoms with Crippen molar-refractivity contribution in [3.05, 3.63) is 63.5 Å². The van der Waals surface area contributed by atoms with Crippen molar-refractivity contribution in [2.24, 2.45) is 0 Å². The molecule has 0 atom stereocenters. The van der Waals surface area contributed by atoms with Gasteiger partial charge in [-0.15, -0.1) is 0 Å². The zero-order valence-electron chi connectivity index (χ0n) is 10.6. The third-order valence-electron chi connectivity index (χ3n) is 2.55. The van der Waals surface area contributed by atoms with Crippen molar-refractivity contribution in [3.63, 3.8) is 0 Å². The van der Waals surface area contributed by atoms with E-state index in [1.807, 2.05) is 25.1 Å². The van der Waals surface area contributed by atoms with Crippen LogP contribution < -0.4 is 10.9 Å². The molecule has 4 nitrogen and oxygen atoms in total. The fourth-order valence-electron chi connectivity index (χ4n) is 1.56. The van der Waals surface area contributed by atoms with E-state index in [0.717, 1.165) is 11.3 Å². The molecule has 1 amide bonds. The molecule has 2 rings (SSSR count). The average molecular weight is 356 g/mol. The lowest BCUT2D eigenvalue weighted by atomic mass is 10.1. The summed E-state index contributed by atoms with van der Waals surface area (Å²) in [4.78, 5) is 11.8. The van der Waals surface area contributed by atoms with Crippen molar-refractivity contribution >= 4 is 39.1 Å². The van der Waals surface area contributed by atoms with Gasteiger partial charge in [0.2, 0.25) is 0 Å². The number of furan rings is 1. The van der Waals surface area contributed by atoms with Crippen LogP contribution in [0.4, 0.5) is 0 Å². The number of hydrazine groups is 1. The van der Waals surface area contributed by atoms with E-state index in [0.29, 0.717) is 9.69 Å². The number of rotatable bonds is 4. The SMILES string of the molecule is C/C=C(/NNC(=O)c1ccc(Br)o1)c1ccc(Cl)cc1. The van der Waals surface area contributed by atoms with Crippen LogP contribution in [0.1, 0.15) is 23.0 Å². The monoisotopic (exact) mass is 354 g/mol. The highest BCUT2D eigenvalue weighted by Crippen LogP contribution is 2.16. The highest BCUT2D eigenvalue weighted by Gasteiger charge is 2.10. The quantitative estimate of drug-likeness (QED) is 0.815. The molecule has 20 heavy (non-hydrogen) atoms. The number of allylic oxidation sites excluding steroid dienone is 1. The Morgan fingerprint density at radius 2 is 1.90 bits per heavy atom. The number of halogens is 2. The lowest BCUT2D eigenvalue weighted by Gasteiger charge is -2.11. The van der Waals surface area contributed by atoms with Crippen molar-refractivity contribution in [2.45, 2.75) is 6.92 Å². The highest BCUT2D eigenvalue weighted by atomic mass is 79.9. The van der Waals surface area contributed by atoms with Gasteiger partial charge in [0.15, 0.2) is 10.4 Å². The van der Waals surface area contributed by atoms with Crippen LogP contribution in [0.2, 0.25) is 5.02 Å². The molecule has 0 aliphatic carbocycles. The lowest BCUT2D eigenvalue weighted by Crippen LogP contribution is -2.35. The number of carbonyl (C=O) groups is 1. The van der Waals surface area contributed by atoms with Crippen molar-refractivity contribution in [1.82, 2.24) is 10.9 Å². The number of hydrogen-bond acceptors (Lipinski definition) is 3. The van der Waals surface area contributed by atoms with Gasteiger partial charge in [-0.1, -0.05) is 29.8 Å². The smallest absolute Gasteiger partial charge is 0.305 e. The number of carbonyl (C=O) groups excluding carboxylic acids is 1. The molecule has 0 fully saturated rings. The largest absolute Gasteiger partial charge is 0.444 e. The van der Waals surface area contributed by atoms with Gasteiger partial charge in [-0.3, -0.25) is 15.6 Å². The molecule has 2 aromatic rings. The molecule has 0 saturated carbocycles. The van der Waals surface area contributed by atoms with E-state index >= 15 is 0 Å². The molecular weight excluding hydrogens is 344 g/mol. The van der Waals surface area contributed by atoms with Crippen LogP contribution in [0.3, 0.4) is 0 Å². The lowest BCUT2D eigenvalue weighted by molar-refractivity contribution is 0.0913. The van der Waals surface area contributed by atoms with Gasteiger partial charge in [-0.25, -0.2) is 0 Å². The first-order valence-electron chi connectivity index (χ1n) is 5.84. The van der Waals surface area contributed by atoms with Crippen LogP contribution in [-0.2, 0) is 0 Å². The van der Waals surface area contributed by atoms with Crippen molar-refractivity contribution < 1.29 is 9.21 Å². The van der Waals surface area contributed by atoms with Gasteiger partial charge < -0.3 is 4.42 Å². The molecule has 104 valence electrons. The fourth-order valence-corrected chi connectivity index (χ4v) is 2.00. The van der Waals surface area contributed by atoms with Crippen LogP contribution in [-0.4, -0.2) is 5.91 Å². The molecule has 1 heterocycles. The summed E-state index contributed by atoms with van der Waals surface area (Å²) in [6.07, 6.45) is 1.85. The van der Waals surface area contributed by atoms with Gasteiger partial charge in [0.1, 0.15) is 0 Å². The Balaban J connectivity index is 2.01. The summed E-state index contributed by atoms with van der Waals surface area (Å²) in [5.41, 5.74) is 7.11. The minimum absolute atomic E-state index is 0.218. The van der Waals surface area contributed by atoms with E-state index in [-0.39, 0.29) is 11.7 Å². The Morgan fingerprint density at radius 3 is 2.45 bits per heavy atom. The minimum atomic E-state index is -0.357. The second-order valence-corrected chi connectivity index (χ2v) is 5.11. The van der Waals surface area contributed by atoms with Crippen LogP contribution >= 0.6 is 27.5 Å². The number of nitrogens with one attached hydrogen (secondary N) is 2. The van der Waals surface area contributed by atoms with E-state index in [1.165, 1.54) is 0 Å². The molecule has 0 saturated heterocycles. The Morgan fingerprint density at radius 1 is 1.20 bits per heavy atom. The van der Waals surface area contributed by atoms with Crippen LogP contribution in [0.15, 0.2) is 51.6 Å². The molecule has 0 spiro atoms. The predicted octanol–water partition coefficient (Wildman–Crippen LogP) is 3.99. The average Bonchev–Trinajstić information content (AvgIpc) is 2.88. The maximum atomic E-state index is 11.8. The summed E-state index contributed by atoms with van der Waals surface area (Å²) in [6.45, 7) is 1.87. The maximum absolute atomic E-state index is 11.8. The molecule has 0 unspecified atom stereocenters. The Labute approximate surface area is 129 Å². The van der Waals surface area contributed by atoms with E-state index in [9.17, 15) is 4.79 Å². The first kappa shape index (κ1) is 14.7. The summed E-state index contributed by atoms with van der Waals surface area (Å²) in [5, 5.41) is 0.661. The first-order chi connectivity index (χ1) is 9.60. The van der Waals surface area contributed by atoms with Crippen LogP contribution in [0, 0.1) is 0 Å². The second-order valence-electron chi connectivity index (χ2n) is 3.89. The summed E-state index contributed by atoms with van der Waals surface area (Å²) in [7, 11) is 0. The summed E-state index contributed by atoms with van der Waals surface area (Å²) in [5.74, 6) is -0.139. The molecular formula is C14H12BrClN2O2. The van der Waals surface area contributed by atoms with Gasteiger partial charge in [-0.05, 0) is 52.7 Å². The molecule has 0 aliphatic rings. The molecule has 1 aromatic heterocycles. The third-order valence-corrected chi connectivity index (χ3v) is 3.23. The topological polar surface area (TPSA) is 54.3 Å². The highest BCUT2D eigenvalue weighted by molar-refractivity contribution is 9.10. The van der Waals surface area contributed by atoms with Crippen molar-refractivity contribution in [1.29, 1.82) is 0 Å². The van der Waals surface area contributed by atoms with Gasteiger partial charge >= 0.3 is 5.91 Å². The van der Waals surface area contributed by atoms with Gasteiger partial charge in [-0.2, -0.15) is 0 Å². The second kappa shape index (κ2) is 6.63. The normalized spacial score (nSPS) is 11.2. The van der Waals surface area contributed by atoms with Crippen LogP contribution in [0.5, 0.6) is 0 Å². The van der Waals surface area contributed by atoms with E-state index in [4.69, 9.17) is 16.0 Å². The molecule has 0 aliphatic heterocycles. The van der Waals surface area contributed by atoms with Gasteiger partial charge in [0.05, 0.1) is 5.70 Å². The summed E-state index contributed by atoms with van der Waals surface area (Å²) in [6, 6.07) is 10.5. The summed E-state index contributed by atoms with van der Waals surface area (Å²) < 4.78 is 5.67. The Hall–Kier alpha value is -1.72. The molecule has 6 heteroatoms. The number of hydrogen-bond donors (Lipinski definition) is 2.